The molecule has 1 aromatic rings. The number of ether oxygens (including phenoxy) is 1. The number of alkyl carbamates (subject to hydrolysis) is 1. The van der Waals surface area contributed by atoms with Gasteiger partial charge >= 0.3 is 18.2 Å². The van der Waals surface area contributed by atoms with Crippen LogP contribution in [-0.2, 0) is 9.53 Å². The molecule has 164 valence electrons. The van der Waals surface area contributed by atoms with Crippen molar-refractivity contribution in [3.63, 3.8) is 0 Å². The highest BCUT2D eigenvalue weighted by Crippen LogP contribution is 2.24. The highest BCUT2D eigenvalue weighted by molar-refractivity contribution is 9.10. The second kappa shape index (κ2) is 9.33. The van der Waals surface area contributed by atoms with E-state index in [1.165, 1.54) is 0 Å². The number of hydrazine groups is 1. The second-order valence-electron chi connectivity index (χ2n) is 7.76. The summed E-state index contributed by atoms with van der Waals surface area (Å²) in [5.74, 6) is -0.605. The summed E-state index contributed by atoms with van der Waals surface area (Å²) in [7, 11) is 0. The van der Waals surface area contributed by atoms with Crippen molar-refractivity contribution >= 4 is 45.7 Å². The van der Waals surface area contributed by atoms with Gasteiger partial charge in [0.25, 0.3) is 5.91 Å². The predicted molar refractivity (Wildman–Crippen MR) is 114 cm³/mol. The number of amides is 6. The molecule has 0 bridgehead atoms. The van der Waals surface area contributed by atoms with Gasteiger partial charge < -0.3 is 20.7 Å². The zero-order valence-corrected chi connectivity index (χ0v) is 18.9. The molecule has 10 nitrogen and oxygen atoms in total. The summed E-state index contributed by atoms with van der Waals surface area (Å²) < 4.78 is 6.00. The van der Waals surface area contributed by atoms with Gasteiger partial charge in [-0.05, 0) is 57.9 Å². The number of carbonyl (C=O) groups is 4. The highest BCUT2D eigenvalue weighted by atomic mass is 79.9. The molecule has 1 aliphatic heterocycles. The van der Waals surface area contributed by atoms with Crippen molar-refractivity contribution < 1.29 is 23.9 Å². The first-order chi connectivity index (χ1) is 14.0. The van der Waals surface area contributed by atoms with Crippen LogP contribution in [0.5, 0.6) is 0 Å². The van der Waals surface area contributed by atoms with Crippen LogP contribution in [0.2, 0.25) is 0 Å². The maximum Gasteiger partial charge on any atom is 0.407 e. The second-order valence-corrected chi connectivity index (χ2v) is 8.67. The van der Waals surface area contributed by atoms with E-state index in [0.29, 0.717) is 10.7 Å². The monoisotopic (exact) mass is 483 g/mol. The molecule has 1 unspecified atom stereocenters. The zero-order valence-electron chi connectivity index (χ0n) is 17.3. The van der Waals surface area contributed by atoms with Crippen molar-refractivity contribution in [3.05, 3.63) is 28.7 Å². The fraction of sp³-hybridized carbons (Fsp3) is 0.474. The van der Waals surface area contributed by atoms with Crippen LogP contribution < -0.4 is 21.4 Å². The maximum atomic E-state index is 12.9. The molecule has 2 rings (SSSR count). The number of hydrogen-bond donors (Lipinski definition) is 4. The van der Waals surface area contributed by atoms with Gasteiger partial charge in [0.15, 0.2) is 0 Å². The Morgan fingerprint density at radius 1 is 1.20 bits per heavy atom. The average Bonchev–Trinajstić information content (AvgIpc) is 2.87. The summed E-state index contributed by atoms with van der Waals surface area (Å²) in [5.41, 5.74) is 0.865. The van der Waals surface area contributed by atoms with Crippen LogP contribution in [0.4, 0.5) is 20.1 Å². The molecule has 0 spiro atoms. The molecule has 1 fully saturated rings. The molecule has 0 aromatic heterocycles. The van der Waals surface area contributed by atoms with Crippen LogP contribution >= 0.6 is 15.9 Å². The first-order valence-corrected chi connectivity index (χ1v) is 10.2. The van der Waals surface area contributed by atoms with Crippen LogP contribution in [0.1, 0.15) is 40.5 Å². The molecule has 6 amide bonds. The van der Waals surface area contributed by atoms with Crippen molar-refractivity contribution in [2.45, 2.75) is 51.7 Å². The van der Waals surface area contributed by atoms with Gasteiger partial charge in [0.1, 0.15) is 11.1 Å². The summed E-state index contributed by atoms with van der Waals surface area (Å²) in [6.45, 7) is 7.06. The van der Waals surface area contributed by atoms with E-state index in [-0.39, 0.29) is 19.4 Å². The number of imide groups is 1. The molecule has 0 saturated carbocycles. The Labute approximate surface area is 183 Å². The molecule has 1 aromatic carbocycles. The number of carbonyl (C=O) groups excluding carboxylic acids is 4. The molecular weight excluding hydrogens is 458 g/mol. The minimum absolute atomic E-state index is 0.105. The standard InChI is InChI=1S/C19H26BrN5O5/c1-5-19(10-11-21-17(29)30-18(2,3)4)14(26)25(16(28)23-19)24-15(27)22-13-8-6-12(20)7-9-13/h6-9H,5,10-11H2,1-4H3,(H,21,29)(H,23,28)(H2,22,24,27). The first kappa shape index (κ1) is 23.5. The molecule has 0 aliphatic carbocycles. The molecule has 1 atom stereocenters. The Balaban J connectivity index is 1.95. The smallest absolute Gasteiger partial charge is 0.407 e. The number of benzene rings is 1. The van der Waals surface area contributed by atoms with Gasteiger partial charge in [0.05, 0.1) is 0 Å². The number of hydrogen-bond acceptors (Lipinski definition) is 5. The number of nitrogens with one attached hydrogen (secondary N) is 4. The van der Waals surface area contributed by atoms with Gasteiger partial charge in [-0.2, -0.15) is 5.01 Å². The Hall–Kier alpha value is -2.82. The van der Waals surface area contributed by atoms with Gasteiger partial charge in [0, 0.05) is 16.7 Å². The number of rotatable bonds is 6. The minimum atomic E-state index is -1.24. The number of anilines is 1. The van der Waals surface area contributed by atoms with E-state index >= 15 is 0 Å². The molecule has 1 saturated heterocycles. The quantitative estimate of drug-likeness (QED) is 0.462. The SMILES string of the molecule is CCC1(CCNC(=O)OC(C)(C)C)NC(=O)N(NC(=O)Nc2ccc(Br)cc2)C1=O. The van der Waals surface area contributed by atoms with E-state index in [0.717, 1.165) is 4.47 Å². The lowest BCUT2D eigenvalue weighted by Gasteiger charge is -2.26. The van der Waals surface area contributed by atoms with Crippen LogP contribution in [0, 0.1) is 0 Å². The van der Waals surface area contributed by atoms with Gasteiger partial charge in [-0.1, -0.05) is 22.9 Å². The highest BCUT2D eigenvalue weighted by Gasteiger charge is 2.50. The first-order valence-electron chi connectivity index (χ1n) is 9.42. The number of halogens is 1. The lowest BCUT2D eigenvalue weighted by atomic mass is 9.92. The summed E-state index contributed by atoms with van der Waals surface area (Å²) in [4.78, 5) is 49.2. The van der Waals surface area contributed by atoms with Gasteiger partial charge in [-0.3, -0.25) is 4.79 Å². The van der Waals surface area contributed by atoms with E-state index in [4.69, 9.17) is 4.74 Å². The van der Waals surface area contributed by atoms with E-state index in [2.05, 4.69) is 37.3 Å². The third kappa shape index (κ3) is 6.09. The lowest BCUT2D eigenvalue weighted by Crippen LogP contribution is -2.52. The van der Waals surface area contributed by atoms with Gasteiger partial charge in [-0.25, -0.2) is 19.8 Å². The number of nitrogens with zero attached hydrogens (tertiary/aromatic N) is 1. The Bertz CT molecular complexity index is 824. The molecule has 1 aliphatic rings. The van der Waals surface area contributed by atoms with Crippen LogP contribution in [0.25, 0.3) is 0 Å². The Morgan fingerprint density at radius 3 is 2.40 bits per heavy atom. The van der Waals surface area contributed by atoms with Gasteiger partial charge in [-0.15, -0.1) is 0 Å². The lowest BCUT2D eigenvalue weighted by molar-refractivity contribution is -0.133. The third-order valence-corrected chi connectivity index (χ3v) is 4.83. The maximum absolute atomic E-state index is 12.9. The average molecular weight is 484 g/mol. The molecule has 4 N–H and O–H groups in total. The normalized spacial score (nSPS) is 18.6. The van der Waals surface area contributed by atoms with E-state index in [9.17, 15) is 19.2 Å². The fourth-order valence-electron chi connectivity index (χ4n) is 2.79. The van der Waals surface area contributed by atoms with E-state index in [1.54, 1.807) is 52.0 Å². The largest absolute Gasteiger partial charge is 0.444 e. The molecular formula is C19H26BrN5O5. The number of urea groups is 2. The van der Waals surface area contributed by atoms with Crippen molar-refractivity contribution in [3.8, 4) is 0 Å². The zero-order chi connectivity index (χ0) is 22.5. The molecule has 11 heteroatoms. The van der Waals surface area contributed by atoms with Crippen molar-refractivity contribution in [2.24, 2.45) is 0 Å². The Kier molecular flexibility index (Phi) is 7.30. The van der Waals surface area contributed by atoms with Crippen LogP contribution in [-0.4, -0.2) is 46.8 Å². The van der Waals surface area contributed by atoms with Crippen molar-refractivity contribution in [1.82, 2.24) is 21.1 Å². The summed E-state index contributed by atoms with van der Waals surface area (Å²) >= 11 is 3.29. The van der Waals surface area contributed by atoms with Crippen molar-refractivity contribution in [1.29, 1.82) is 0 Å². The fourth-order valence-corrected chi connectivity index (χ4v) is 3.06. The van der Waals surface area contributed by atoms with Gasteiger partial charge in [0.2, 0.25) is 0 Å². The van der Waals surface area contributed by atoms with E-state index in [1.807, 2.05) is 0 Å². The molecule has 0 radical (unpaired) electrons. The topological polar surface area (TPSA) is 129 Å². The Morgan fingerprint density at radius 2 is 1.83 bits per heavy atom. The summed E-state index contributed by atoms with van der Waals surface area (Å²) in [6.07, 6.45) is -0.200. The van der Waals surface area contributed by atoms with Crippen LogP contribution in [0.3, 0.4) is 0 Å². The molecule has 30 heavy (non-hydrogen) atoms. The minimum Gasteiger partial charge on any atom is -0.444 e. The summed E-state index contributed by atoms with van der Waals surface area (Å²) in [6, 6.07) is 5.32. The van der Waals surface area contributed by atoms with E-state index < -0.39 is 35.2 Å². The van der Waals surface area contributed by atoms with Crippen LogP contribution in [0.15, 0.2) is 28.7 Å². The van der Waals surface area contributed by atoms with Crippen molar-refractivity contribution in [2.75, 3.05) is 11.9 Å². The predicted octanol–water partition coefficient (Wildman–Crippen LogP) is 3.10. The molecule has 1 heterocycles. The third-order valence-electron chi connectivity index (χ3n) is 4.30. The summed E-state index contributed by atoms with van der Waals surface area (Å²) in [5, 5.41) is 8.37.